The van der Waals surface area contributed by atoms with Crippen LogP contribution in [0.3, 0.4) is 0 Å². The molecule has 0 saturated carbocycles. The first-order chi connectivity index (χ1) is 10.1. The number of rotatable bonds is 7. The van der Waals surface area contributed by atoms with Crippen molar-refractivity contribution >= 4 is 12.0 Å². The van der Waals surface area contributed by atoms with Crippen molar-refractivity contribution in [2.24, 2.45) is 0 Å². The van der Waals surface area contributed by atoms with Crippen LogP contribution in [0, 0.1) is 12.3 Å². The van der Waals surface area contributed by atoms with Crippen LogP contribution in [0.5, 0.6) is 0 Å². The molecule has 1 rings (SSSR count). The van der Waals surface area contributed by atoms with Gasteiger partial charge in [0, 0.05) is 6.54 Å². The molecule has 0 aliphatic carbocycles. The van der Waals surface area contributed by atoms with E-state index in [9.17, 15) is 9.59 Å². The number of amides is 2. The van der Waals surface area contributed by atoms with Gasteiger partial charge in [-0.05, 0) is 24.5 Å². The zero-order chi connectivity index (χ0) is 15.7. The molecule has 0 aliphatic heterocycles. The average molecular weight is 288 g/mol. The lowest BCUT2D eigenvalue weighted by Crippen LogP contribution is -2.42. The number of carboxylic acids is 1. The molecule has 0 saturated heterocycles. The predicted molar refractivity (Wildman–Crippen MR) is 81.2 cm³/mol. The number of benzene rings is 1. The van der Waals surface area contributed by atoms with Crippen LogP contribution < -0.4 is 10.6 Å². The lowest BCUT2D eigenvalue weighted by Gasteiger charge is -2.13. The number of terminal acetylenes is 1. The molecule has 0 aliphatic rings. The van der Waals surface area contributed by atoms with Crippen LogP contribution in [-0.4, -0.2) is 29.7 Å². The summed E-state index contributed by atoms with van der Waals surface area (Å²) in [6.07, 6.45) is 7.39. The summed E-state index contributed by atoms with van der Waals surface area (Å²) in [5, 5.41) is 14.4. The van der Waals surface area contributed by atoms with Crippen LogP contribution in [0.15, 0.2) is 24.3 Å². The Labute approximate surface area is 124 Å². The van der Waals surface area contributed by atoms with E-state index in [1.165, 1.54) is 0 Å². The maximum absolute atomic E-state index is 11.7. The van der Waals surface area contributed by atoms with Crippen molar-refractivity contribution in [1.29, 1.82) is 0 Å². The van der Waals surface area contributed by atoms with Crippen molar-refractivity contribution in [3.8, 4) is 12.3 Å². The first-order valence-electron chi connectivity index (χ1n) is 6.90. The van der Waals surface area contributed by atoms with Crippen LogP contribution in [0.25, 0.3) is 0 Å². The fraction of sp³-hybridized carbons (Fsp3) is 0.375. The smallest absolute Gasteiger partial charge is 0.335 e. The third-order valence-corrected chi connectivity index (χ3v) is 3.01. The van der Waals surface area contributed by atoms with Gasteiger partial charge in [0.15, 0.2) is 0 Å². The molecule has 0 bridgehead atoms. The number of hydrogen-bond acceptors (Lipinski definition) is 2. The second kappa shape index (κ2) is 8.64. The Kier molecular flexibility index (Phi) is 6.82. The summed E-state index contributed by atoms with van der Waals surface area (Å²) >= 11 is 0. The van der Waals surface area contributed by atoms with Gasteiger partial charge >= 0.3 is 12.0 Å². The number of urea groups is 1. The van der Waals surface area contributed by atoms with E-state index < -0.39 is 5.97 Å². The van der Waals surface area contributed by atoms with E-state index in [2.05, 4.69) is 16.6 Å². The monoisotopic (exact) mass is 288 g/mol. The van der Waals surface area contributed by atoms with Gasteiger partial charge in [0.25, 0.3) is 0 Å². The van der Waals surface area contributed by atoms with Gasteiger partial charge in [0.05, 0.1) is 11.6 Å². The molecule has 0 heterocycles. The van der Waals surface area contributed by atoms with Gasteiger partial charge in [-0.25, -0.2) is 9.59 Å². The van der Waals surface area contributed by atoms with Crippen molar-refractivity contribution in [3.05, 3.63) is 35.4 Å². The van der Waals surface area contributed by atoms with Crippen molar-refractivity contribution in [2.75, 3.05) is 6.54 Å². The van der Waals surface area contributed by atoms with E-state index in [0.717, 1.165) is 12.8 Å². The lowest BCUT2D eigenvalue weighted by molar-refractivity contribution is 0.0695. The summed E-state index contributed by atoms with van der Waals surface area (Å²) < 4.78 is 0. The Hall–Kier alpha value is -2.48. The number of aromatic carboxylic acids is 1. The van der Waals surface area contributed by atoms with Gasteiger partial charge < -0.3 is 15.7 Å². The van der Waals surface area contributed by atoms with Crippen LogP contribution >= 0.6 is 0 Å². The topological polar surface area (TPSA) is 78.4 Å². The molecule has 0 spiro atoms. The quantitative estimate of drug-likeness (QED) is 0.672. The SMILES string of the molecule is C#CC(CCC)NC(=O)NCCc1ccccc1C(=O)O. The Morgan fingerprint density at radius 1 is 1.38 bits per heavy atom. The number of nitrogens with one attached hydrogen (secondary N) is 2. The third-order valence-electron chi connectivity index (χ3n) is 3.01. The van der Waals surface area contributed by atoms with E-state index in [4.69, 9.17) is 11.5 Å². The second-order valence-corrected chi connectivity index (χ2v) is 4.62. The minimum atomic E-state index is -0.967. The van der Waals surface area contributed by atoms with E-state index in [-0.39, 0.29) is 17.6 Å². The highest BCUT2D eigenvalue weighted by Gasteiger charge is 2.10. The molecule has 0 aromatic heterocycles. The number of carboxylic acid groups (broad SMARTS) is 1. The summed E-state index contributed by atoms with van der Waals surface area (Å²) in [5.74, 6) is 1.55. The second-order valence-electron chi connectivity index (χ2n) is 4.62. The minimum absolute atomic E-state index is 0.257. The first kappa shape index (κ1) is 16.6. The summed E-state index contributed by atoms with van der Waals surface area (Å²) in [7, 11) is 0. The van der Waals surface area contributed by atoms with Crippen LogP contribution in [-0.2, 0) is 6.42 Å². The highest BCUT2D eigenvalue weighted by molar-refractivity contribution is 5.89. The van der Waals surface area contributed by atoms with Crippen molar-refractivity contribution in [1.82, 2.24) is 10.6 Å². The fourth-order valence-corrected chi connectivity index (χ4v) is 1.95. The molecule has 0 fully saturated rings. The van der Waals surface area contributed by atoms with E-state index in [0.29, 0.717) is 18.5 Å². The molecular weight excluding hydrogens is 268 g/mol. The molecule has 5 nitrogen and oxygen atoms in total. The fourth-order valence-electron chi connectivity index (χ4n) is 1.95. The minimum Gasteiger partial charge on any atom is -0.478 e. The zero-order valence-corrected chi connectivity index (χ0v) is 12.1. The van der Waals surface area contributed by atoms with E-state index >= 15 is 0 Å². The molecule has 5 heteroatoms. The number of carbonyl (C=O) groups is 2. The zero-order valence-electron chi connectivity index (χ0n) is 12.1. The summed E-state index contributed by atoms with van der Waals surface area (Å²) in [4.78, 5) is 22.7. The Morgan fingerprint density at radius 2 is 2.10 bits per heavy atom. The predicted octanol–water partition coefficient (Wildman–Crippen LogP) is 2.03. The van der Waals surface area contributed by atoms with Gasteiger partial charge in [-0.2, -0.15) is 0 Å². The Morgan fingerprint density at radius 3 is 2.71 bits per heavy atom. The molecule has 1 aromatic rings. The molecule has 21 heavy (non-hydrogen) atoms. The van der Waals surface area contributed by atoms with Gasteiger partial charge in [-0.3, -0.25) is 0 Å². The van der Waals surface area contributed by atoms with E-state index in [1.54, 1.807) is 24.3 Å². The largest absolute Gasteiger partial charge is 0.478 e. The van der Waals surface area contributed by atoms with E-state index in [1.807, 2.05) is 6.92 Å². The molecule has 2 amide bonds. The number of carbonyl (C=O) groups excluding carboxylic acids is 1. The third kappa shape index (κ3) is 5.57. The Balaban J connectivity index is 2.45. The highest BCUT2D eigenvalue weighted by Crippen LogP contribution is 2.08. The summed E-state index contributed by atoms with van der Waals surface area (Å²) in [6.45, 7) is 2.34. The molecule has 1 atom stereocenters. The first-order valence-corrected chi connectivity index (χ1v) is 6.90. The van der Waals surface area contributed by atoms with Crippen molar-refractivity contribution in [3.63, 3.8) is 0 Å². The molecular formula is C16H20N2O3. The lowest BCUT2D eigenvalue weighted by atomic mass is 10.0. The van der Waals surface area contributed by atoms with Gasteiger partial charge in [0.2, 0.25) is 0 Å². The van der Waals surface area contributed by atoms with Crippen LogP contribution in [0.4, 0.5) is 4.79 Å². The summed E-state index contributed by atoms with van der Waals surface area (Å²) in [5.41, 5.74) is 0.944. The average Bonchev–Trinajstić information content (AvgIpc) is 2.47. The molecule has 3 N–H and O–H groups in total. The maximum atomic E-state index is 11.7. The van der Waals surface area contributed by atoms with Crippen LogP contribution in [0.2, 0.25) is 0 Å². The van der Waals surface area contributed by atoms with Gasteiger partial charge in [0.1, 0.15) is 0 Å². The van der Waals surface area contributed by atoms with Gasteiger partial charge in [-0.1, -0.05) is 37.5 Å². The normalized spacial score (nSPS) is 11.2. The molecule has 1 aromatic carbocycles. The number of hydrogen-bond donors (Lipinski definition) is 3. The molecule has 0 radical (unpaired) electrons. The highest BCUT2D eigenvalue weighted by atomic mass is 16.4. The van der Waals surface area contributed by atoms with Gasteiger partial charge in [-0.15, -0.1) is 6.42 Å². The standard InChI is InChI=1S/C16H20N2O3/c1-3-7-13(4-2)18-16(21)17-11-10-12-8-5-6-9-14(12)15(19)20/h2,5-6,8-9,13H,3,7,10-11H2,1H3,(H,19,20)(H2,17,18,21). The van der Waals surface area contributed by atoms with Crippen LogP contribution in [0.1, 0.15) is 35.7 Å². The molecule has 1 unspecified atom stereocenters. The summed E-state index contributed by atoms with van der Waals surface area (Å²) in [6, 6.07) is 6.13. The van der Waals surface area contributed by atoms with Crippen molar-refractivity contribution in [2.45, 2.75) is 32.2 Å². The van der Waals surface area contributed by atoms with Crippen molar-refractivity contribution < 1.29 is 14.7 Å². The Bertz CT molecular complexity index is 535. The maximum Gasteiger partial charge on any atom is 0.335 e. The molecule has 112 valence electrons.